The first-order valence-corrected chi connectivity index (χ1v) is 35.4. The van der Waals surface area contributed by atoms with E-state index in [0.717, 1.165) is 70.6 Å². The molecule has 0 aliphatic rings. The number of allylic oxidation sites excluding steroid dienone is 13. The molecule has 0 saturated heterocycles. The van der Waals surface area contributed by atoms with Gasteiger partial charge in [-0.2, -0.15) is 0 Å². The Bertz CT molecular complexity index is 1660. The molecule has 0 aliphatic heterocycles. The molecule has 0 aliphatic carbocycles. The van der Waals surface area contributed by atoms with Crippen molar-refractivity contribution in [2.24, 2.45) is 0 Å². The van der Waals surface area contributed by atoms with E-state index in [1.807, 2.05) is 33.3 Å². The van der Waals surface area contributed by atoms with E-state index in [2.05, 4.69) is 99.0 Å². The van der Waals surface area contributed by atoms with Crippen LogP contribution in [0.2, 0.25) is 0 Å². The number of esters is 1. The van der Waals surface area contributed by atoms with E-state index in [0.29, 0.717) is 17.4 Å². The fraction of sp³-hybridized carbons (Fsp3) is 0.775. The van der Waals surface area contributed by atoms with E-state index in [-0.39, 0.29) is 31.3 Å². The van der Waals surface area contributed by atoms with Gasteiger partial charge in [0.15, 0.2) is 0 Å². The zero-order valence-electron chi connectivity index (χ0n) is 53.7. The predicted molar refractivity (Wildman–Crippen MR) is 348 cm³/mol. The van der Waals surface area contributed by atoms with Gasteiger partial charge in [0.2, 0.25) is 5.91 Å². The maximum atomic E-state index is 13.5. The SMILES string of the molecule is CCCCC/C=C\C/C=C\C/C=C\C/C=C\CCCC(=O)NC(COP(=O)([O-])OCC[N+](C)(C)C)C(/C=C\CCCCCCCCCCC)OC(=O)CCCCCCCCCCCCCCCCCCC/C=C\C/C=C\CCCCC. The maximum absolute atomic E-state index is 13.5. The van der Waals surface area contributed by atoms with Crippen LogP contribution in [0, 0.1) is 0 Å². The zero-order valence-corrected chi connectivity index (χ0v) is 54.6. The van der Waals surface area contributed by atoms with Gasteiger partial charge in [0.1, 0.15) is 19.3 Å². The normalized spacial score (nSPS) is 14.1. The van der Waals surface area contributed by atoms with E-state index >= 15 is 0 Å². The van der Waals surface area contributed by atoms with Gasteiger partial charge in [-0.25, -0.2) is 0 Å². The summed E-state index contributed by atoms with van der Waals surface area (Å²) in [5, 5.41) is 3.00. The highest BCUT2D eigenvalue weighted by atomic mass is 31.2. The summed E-state index contributed by atoms with van der Waals surface area (Å²) in [6.45, 7) is 6.76. The van der Waals surface area contributed by atoms with Crippen molar-refractivity contribution in [3.8, 4) is 0 Å². The summed E-state index contributed by atoms with van der Waals surface area (Å²) < 4.78 is 30.3. The van der Waals surface area contributed by atoms with Gasteiger partial charge in [-0.3, -0.25) is 14.2 Å². The van der Waals surface area contributed by atoms with E-state index in [1.54, 1.807) is 0 Å². The largest absolute Gasteiger partial charge is 0.756 e. The van der Waals surface area contributed by atoms with Gasteiger partial charge in [-0.15, -0.1) is 0 Å². The number of unbranched alkanes of at least 4 members (excludes halogenated alkanes) is 33. The first-order chi connectivity index (χ1) is 39.4. The van der Waals surface area contributed by atoms with Gasteiger partial charge in [-0.1, -0.05) is 273 Å². The van der Waals surface area contributed by atoms with Crippen molar-refractivity contribution in [3.05, 3.63) is 85.1 Å². The predicted octanol–water partition coefficient (Wildman–Crippen LogP) is 20.7. The van der Waals surface area contributed by atoms with E-state index in [9.17, 15) is 19.0 Å². The van der Waals surface area contributed by atoms with Crippen molar-refractivity contribution < 1.29 is 37.3 Å². The number of amides is 1. The van der Waals surface area contributed by atoms with Crippen LogP contribution < -0.4 is 10.2 Å². The monoisotopic (exact) mass is 1150 g/mol. The third-order valence-electron chi connectivity index (χ3n) is 14.8. The smallest absolute Gasteiger partial charge is 0.306 e. The quantitative estimate of drug-likeness (QED) is 0.0212. The van der Waals surface area contributed by atoms with E-state index < -0.39 is 26.6 Å². The lowest BCUT2D eigenvalue weighted by Crippen LogP contribution is -2.47. The van der Waals surface area contributed by atoms with Gasteiger partial charge >= 0.3 is 5.97 Å². The molecule has 0 bridgehead atoms. The molecule has 9 nitrogen and oxygen atoms in total. The van der Waals surface area contributed by atoms with E-state index in [1.165, 1.54) is 193 Å². The molecule has 3 unspecified atom stereocenters. The highest BCUT2D eigenvalue weighted by Crippen LogP contribution is 2.38. The first-order valence-electron chi connectivity index (χ1n) is 33.9. The summed E-state index contributed by atoms with van der Waals surface area (Å²) in [6.07, 6.45) is 80.1. The fourth-order valence-electron chi connectivity index (χ4n) is 9.55. The fourth-order valence-corrected chi connectivity index (χ4v) is 10.3. The number of carbonyl (C=O) groups excluding carboxylic acids is 2. The van der Waals surface area contributed by atoms with Gasteiger partial charge in [0, 0.05) is 12.8 Å². The van der Waals surface area contributed by atoms with Crippen LogP contribution in [0.15, 0.2) is 85.1 Å². The Labute approximate surface area is 501 Å². The van der Waals surface area contributed by atoms with Gasteiger partial charge in [0.25, 0.3) is 7.82 Å². The van der Waals surface area contributed by atoms with Crippen LogP contribution in [-0.4, -0.2) is 69.4 Å². The Morgan fingerprint density at radius 2 is 0.765 bits per heavy atom. The number of carbonyl (C=O) groups is 2. The molecule has 0 aromatic heterocycles. The number of quaternary nitrogens is 1. The lowest BCUT2D eigenvalue weighted by Gasteiger charge is -2.30. The highest BCUT2D eigenvalue weighted by molar-refractivity contribution is 7.45. The molecule has 0 saturated carbocycles. The number of phosphoric ester groups is 1. The molecule has 470 valence electrons. The molecule has 0 radical (unpaired) electrons. The van der Waals surface area contributed by atoms with Crippen LogP contribution in [0.3, 0.4) is 0 Å². The molecule has 0 heterocycles. The highest BCUT2D eigenvalue weighted by Gasteiger charge is 2.27. The molecular formula is C71H129N2O7P. The topological polar surface area (TPSA) is 114 Å². The lowest BCUT2D eigenvalue weighted by molar-refractivity contribution is -0.870. The number of nitrogens with zero attached hydrogens (tertiary/aromatic N) is 1. The Morgan fingerprint density at radius 3 is 1.17 bits per heavy atom. The van der Waals surface area contributed by atoms with Crippen molar-refractivity contribution in [3.63, 3.8) is 0 Å². The number of hydrogen-bond donors (Lipinski definition) is 1. The molecular weight excluding hydrogens is 1020 g/mol. The number of rotatable bonds is 61. The molecule has 0 fully saturated rings. The minimum Gasteiger partial charge on any atom is -0.756 e. The first kappa shape index (κ1) is 78.2. The third kappa shape index (κ3) is 61.6. The third-order valence-corrected chi connectivity index (χ3v) is 15.8. The second kappa shape index (κ2) is 60.3. The van der Waals surface area contributed by atoms with Crippen molar-refractivity contribution in [1.29, 1.82) is 0 Å². The summed E-state index contributed by atoms with van der Waals surface area (Å²) in [5.74, 6) is -0.602. The van der Waals surface area contributed by atoms with Crippen molar-refractivity contribution in [2.75, 3.05) is 40.9 Å². The molecule has 0 spiro atoms. The van der Waals surface area contributed by atoms with Crippen LogP contribution in [0.5, 0.6) is 0 Å². The lowest BCUT2D eigenvalue weighted by atomic mass is 10.0. The molecule has 3 atom stereocenters. The minimum absolute atomic E-state index is 0.0343. The average Bonchev–Trinajstić information content (AvgIpc) is 3.44. The van der Waals surface area contributed by atoms with Crippen molar-refractivity contribution in [2.45, 2.75) is 315 Å². The molecule has 0 rings (SSSR count). The van der Waals surface area contributed by atoms with Crippen molar-refractivity contribution in [1.82, 2.24) is 5.32 Å². The molecule has 81 heavy (non-hydrogen) atoms. The van der Waals surface area contributed by atoms with Crippen LogP contribution in [0.4, 0.5) is 0 Å². The zero-order chi connectivity index (χ0) is 59.3. The van der Waals surface area contributed by atoms with Crippen LogP contribution in [0.25, 0.3) is 0 Å². The summed E-state index contributed by atoms with van der Waals surface area (Å²) in [5.41, 5.74) is 0. The minimum atomic E-state index is -4.72. The summed E-state index contributed by atoms with van der Waals surface area (Å²) in [6, 6.07) is -0.919. The number of ether oxygens (including phenoxy) is 1. The molecule has 10 heteroatoms. The second-order valence-corrected chi connectivity index (χ2v) is 25.4. The molecule has 1 N–H and O–H groups in total. The summed E-state index contributed by atoms with van der Waals surface area (Å²) in [7, 11) is 1.15. The Hall–Kier alpha value is -2.81. The second-order valence-electron chi connectivity index (χ2n) is 24.0. The summed E-state index contributed by atoms with van der Waals surface area (Å²) >= 11 is 0. The molecule has 0 aromatic carbocycles. The average molecular weight is 1150 g/mol. The number of phosphoric acid groups is 1. The Balaban J connectivity index is 5.06. The number of hydrogen-bond acceptors (Lipinski definition) is 7. The van der Waals surface area contributed by atoms with E-state index in [4.69, 9.17) is 13.8 Å². The van der Waals surface area contributed by atoms with Gasteiger partial charge in [0.05, 0.1) is 33.8 Å². The Kier molecular flexibility index (Phi) is 58.2. The van der Waals surface area contributed by atoms with Crippen LogP contribution in [-0.2, 0) is 27.9 Å². The standard InChI is InChI=1S/C71H129N2O7P/c1-7-10-13-16-19-22-25-27-29-31-32-33-34-35-36-37-38-39-40-42-44-46-49-52-55-58-61-64-71(75)80-69(62-59-56-53-50-47-24-21-18-15-12-9-3)68(67-79-81(76,77)78-66-65-73(4,5)6)72-70(74)63-60-57-54-51-48-45-43-41-30-28-26-23-20-17-14-11-8-2/h19-20,22-23,27-30,43,45,51,54,59,62,68-69H,7-18,21,24-26,31-42,44,46-50,52-53,55-58,60-61,63-67H2,1-6H3,(H-,72,74,76,77)/b22-19-,23-20-,29-27-,30-28-,45-43-,54-51-,62-59-. The number of likely N-dealkylation sites (N-methyl/N-ethyl adjacent to an activating group) is 1. The molecule has 0 aromatic rings. The Morgan fingerprint density at radius 1 is 0.432 bits per heavy atom. The van der Waals surface area contributed by atoms with Crippen molar-refractivity contribution >= 4 is 19.7 Å². The van der Waals surface area contributed by atoms with Crippen LogP contribution in [0.1, 0.15) is 303 Å². The number of nitrogens with one attached hydrogen (secondary N) is 1. The maximum Gasteiger partial charge on any atom is 0.306 e. The molecule has 1 amide bonds. The van der Waals surface area contributed by atoms with Gasteiger partial charge in [-0.05, 0) is 102 Å². The van der Waals surface area contributed by atoms with Gasteiger partial charge < -0.3 is 28.5 Å². The van der Waals surface area contributed by atoms with Crippen LogP contribution >= 0.6 is 7.82 Å². The summed E-state index contributed by atoms with van der Waals surface area (Å²) in [4.78, 5) is 40.0.